The van der Waals surface area contributed by atoms with Gasteiger partial charge in [-0.15, -0.1) is 0 Å². The molecule has 2 aromatic rings. The molecule has 2 saturated heterocycles. The summed E-state index contributed by atoms with van der Waals surface area (Å²) >= 11 is 0. The maximum absolute atomic E-state index is 12.2. The quantitative estimate of drug-likeness (QED) is 0.650. The van der Waals surface area contributed by atoms with Crippen LogP contribution in [0.25, 0.3) is 11.2 Å². The van der Waals surface area contributed by atoms with Crippen molar-refractivity contribution < 1.29 is 14.2 Å². The highest BCUT2D eigenvalue weighted by molar-refractivity contribution is 5.71. The van der Waals surface area contributed by atoms with Crippen LogP contribution in [0, 0.1) is 0 Å². The maximum Gasteiger partial charge on any atom is 0.280 e. The second-order valence-electron chi connectivity index (χ2n) is 6.50. The molecule has 130 valence electrons. The van der Waals surface area contributed by atoms with E-state index in [1.54, 1.807) is 10.9 Å². The average Bonchev–Trinajstić information content (AvgIpc) is 3.06. The lowest BCUT2D eigenvalue weighted by Gasteiger charge is -2.35. The fourth-order valence-corrected chi connectivity index (χ4v) is 3.49. The third-order valence-electron chi connectivity index (χ3n) is 4.63. The van der Waals surface area contributed by atoms with Gasteiger partial charge < -0.3 is 25.3 Å². The number of rotatable bonds is 3. The molecule has 2 aromatic heterocycles. The Morgan fingerprint density at radius 3 is 3.12 bits per heavy atom. The highest BCUT2D eigenvalue weighted by Crippen LogP contribution is 2.45. The van der Waals surface area contributed by atoms with Crippen LogP contribution < -0.4 is 16.6 Å². The first-order valence-electron chi connectivity index (χ1n) is 7.76. The summed E-state index contributed by atoms with van der Waals surface area (Å²) in [5.41, 5.74) is 4.51. The van der Waals surface area contributed by atoms with Gasteiger partial charge in [0.25, 0.3) is 5.56 Å². The minimum Gasteiger partial charge on any atom is -0.352 e. The smallest absolute Gasteiger partial charge is 0.280 e. The molecule has 0 aliphatic carbocycles. The van der Waals surface area contributed by atoms with Gasteiger partial charge in [-0.05, 0) is 13.8 Å². The van der Waals surface area contributed by atoms with E-state index in [9.17, 15) is 4.79 Å². The predicted octanol–water partition coefficient (Wildman–Crippen LogP) is -0.328. The molecule has 10 heteroatoms. The minimum absolute atomic E-state index is 0.0997. The van der Waals surface area contributed by atoms with Crippen molar-refractivity contribution in [2.75, 3.05) is 25.4 Å². The lowest BCUT2D eigenvalue weighted by Crippen LogP contribution is -2.47. The summed E-state index contributed by atoms with van der Waals surface area (Å²) < 4.78 is 19.2. The van der Waals surface area contributed by atoms with Crippen LogP contribution in [0.5, 0.6) is 0 Å². The van der Waals surface area contributed by atoms with Crippen molar-refractivity contribution in [3.8, 4) is 0 Å². The third kappa shape index (κ3) is 2.22. The second kappa shape index (κ2) is 5.24. The molecule has 0 bridgehead atoms. The lowest BCUT2D eigenvalue weighted by molar-refractivity contribution is -0.238. The van der Waals surface area contributed by atoms with Crippen molar-refractivity contribution in [2.45, 2.75) is 37.7 Å². The first-order valence-corrected chi connectivity index (χ1v) is 7.76. The molecule has 4 rings (SSSR count). The number of aromatic amines is 1. The molecule has 10 nitrogen and oxygen atoms in total. The summed E-state index contributed by atoms with van der Waals surface area (Å²) in [4.78, 5) is 23.4. The fourth-order valence-electron chi connectivity index (χ4n) is 3.49. The van der Waals surface area contributed by atoms with E-state index >= 15 is 0 Å². The van der Waals surface area contributed by atoms with Gasteiger partial charge in [0.2, 0.25) is 5.95 Å². The molecule has 3 atom stereocenters. The summed E-state index contributed by atoms with van der Waals surface area (Å²) in [5, 5.41) is 2.80. The topological polar surface area (TPSA) is 129 Å². The molecule has 2 aliphatic rings. The minimum atomic E-state index is -0.747. The molecular formula is C14H20N6O4. The van der Waals surface area contributed by atoms with Crippen molar-refractivity contribution in [2.24, 2.45) is 5.73 Å². The third-order valence-corrected chi connectivity index (χ3v) is 4.63. The van der Waals surface area contributed by atoms with Crippen molar-refractivity contribution in [1.29, 1.82) is 0 Å². The van der Waals surface area contributed by atoms with E-state index < -0.39 is 11.3 Å². The van der Waals surface area contributed by atoms with Crippen LogP contribution >= 0.6 is 0 Å². The van der Waals surface area contributed by atoms with Crippen LogP contribution in [0.2, 0.25) is 0 Å². The number of fused-ring (bicyclic) bond motifs is 2. The van der Waals surface area contributed by atoms with Crippen molar-refractivity contribution in [1.82, 2.24) is 19.5 Å². The van der Waals surface area contributed by atoms with E-state index in [0.29, 0.717) is 24.6 Å². The van der Waals surface area contributed by atoms with Gasteiger partial charge in [0, 0.05) is 6.42 Å². The zero-order chi connectivity index (χ0) is 16.9. The van der Waals surface area contributed by atoms with Crippen molar-refractivity contribution >= 4 is 17.1 Å². The highest BCUT2D eigenvalue weighted by Gasteiger charge is 2.55. The predicted molar refractivity (Wildman–Crippen MR) is 84.3 cm³/mol. The summed E-state index contributed by atoms with van der Waals surface area (Å²) in [7, 11) is 0. The number of ether oxygens (including phenoxy) is 3. The number of hydrogen-bond acceptors (Lipinski definition) is 8. The van der Waals surface area contributed by atoms with E-state index in [1.165, 1.54) is 0 Å². The molecule has 4 heterocycles. The Kier molecular flexibility index (Phi) is 3.39. The monoisotopic (exact) mass is 336 g/mol. The van der Waals surface area contributed by atoms with Gasteiger partial charge in [-0.3, -0.25) is 14.3 Å². The SMILES string of the molecule is CC12COCOC1CC(C)(n1cnc3c(=O)[nH]c(NCN)nc31)O2. The lowest BCUT2D eigenvalue weighted by atomic mass is 9.97. The molecular weight excluding hydrogens is 316 g/mol. The van der Waals surface area contributed by atoms with Crippen LogP contribution in [0.1, 0.15) is 20.3 Å². The van der Waals surface area contributed by atoms with Crippen LogP contribution in [-0.2, 0) is 19.9 Å². The normalized spacial score (nSPS) is 32.9. The number of nitrogens with one attached hydrogen (secondary N) is 2. The first kappa shape index (κ1) is 15.5. The first-order chi connectivity index (χ1) is 11.5. The molecule has 0 radical (unpaired) electrons. The van der Waals surface area contributed by atoms with Gasteiger partial charge in [-0.2, -0.15) is 4.98 Å². The van der Waals surface area contributed by atoms with Gasteiger partial charge in [-0.1, -0.05) is 0 Å². The summed E-state index contributed by atoms with van der Waals surface area (Å²) in [6.45, 7) is 4.76. The highest BCUT2D eigenvalue weighted by atomic mass is 16.7. The Bertz CT molecular complexity index is 834. The number of imidazole rings is 1. The van der Waals surface area contributed by atoms with Crippen molar-refractivity contribution in [3.05, 3.63) is 16.7 Å². The van der Waals surface area contributed by atoms with Gasteiger partial charge in [0.15, 0.2) is 11.2 Å². The standard InChI is InChI=1S/C14H20N6O4/c1-13-4-22-7-23-8(13)3-14(2,24-13)20-6-17-9-10(20)18-12(16-5-15)19-11(9)21/h6,8H,3-5,7,15H2,1-2H3,(H2,16,18,19,21). The molecule has 2 fully saturated rings. The van der Waals surface area contributed by atoms with Crippen LogP contribution in [0.3, 0.4) is 0 Å². The maximum atomic E-state index is 12.2. The Balaban J connectivity index is 1.80. The summed E-state index contributed by atoms with van der Waals surface area (Å²) in [6, 6.07) is 0. The molecule has 0 aromatic carbocycles. The Hall–Kier alpha value is -2.01. The number of aromatic nitrogens is 4. The number of nitrogens with two attached hydrogens (primary N) is 1. The van der Waals surface area contributed by atoms with Gasteiger partial charge >= 0.3 is 0 Å². The zero-order valence-corrected chi connectivity index (χ0v) is 13.5. The summed E-state index contributed by atoms with van der Waals surface area (Å²) in [6.07, 6.45) is 2.07. The Morgan fingerprint density at radius 1 is 1.54 bits per heavy atom. The average molecular weight is 336 g/mol. The molecule has 0 spiro atoms. The van der Waals surface area contributed by atoms with E-state index in [2.05, 4.69) is 20.3 Å². The van der Waals surface area contributed by atoms with Crippen molar-refractivity contribution in [3.63, 3.8) is 0 Å². The molecule has 3 unspecified atom stereocenters. The van der Waals surface area contributed by atoms with E-state index in [0.717, 1.165) is 0 Å². The molecule has 4 N–H and O–H groups in total. The molecule has 2 aliphatic heterocycles. The van der Waals surface area contributed by atoms with E-state index in [-0.39, 0.29) is 30.6 Å². The number of H-pyrrole nitrogens is 1. The van der Waals surface area contributed by atoms with Gasteiger partial charge in [-0.25, -0.2) is 4.98 Å². The molecule has 0 amide bonds. The molecule has 24 heavy (non-hydrogen) atoms. The Morgan fingerprint density at radius 2 is 2.38 bits per heavy atom. The van der Waals surface area contributed by atoms with E-state index in [4.69, 9.17) is 19.9 Å². The number of hydrogen-bond donors (Lipinski definition) is 3. The summed E-state index contributed by atoms with van der Waals surface area (Å²) in [5.74, 6) is 0.293. The largest absolute Gasteiger partial charge is 0.352 e. The van der Waals surface area contributed by atoms with Crippen LogP contribution in [0.15, 0.2) is 11.1 Å². The molecule has 0 saturated carbocycles. The Labute approximate surface area is 137 Å². The number of nitrogens with zero attached hydrogens (tertiary/aromatic N) is 3. The van der Waals surface area contributed by atoms with E-state index in [1.807, 2.05) is 13.8 Å². The fraction of sp³-hybridized carbons (Fsp3) is 0.643. The second-order valence-corrected chi connectivity index (χ2v) is 6.50. The zero-order valence-electron chi connectivity index (χ0n) is 13.5. The number of anilines is 1. The van der Waals surface area contributed by atoms with Gasteiger partial charge in [0.1, 0.15) is 18.1 Å². The van der Waals surface area contributed by atoms with Crippen LogP contribution in [0.4, 0.5) is 5.95 Å². The van der Waals surface area contributed by atoms with Crippen LogP contribution in [-0.4, -0.2) is 51.3 Å². The van der Waals surface area contributed by atoms with Gasteiger partial charge in [0.05, 0.1) is 25.7 Å².